The topological polar surface area (TPSA) is 78.9 Å². The molecule has 1 aliphatic rings. The first-order valence-corrected chi connectivity index (χ1v) is 13.3. The Bertz CT molecular complexity index is 1280. The highest BCUT2D eigenvalue weighted by Gasteiger charge is 2.22. The highest BCUT2D eigenvalue weighted by molar-refractivity contribution is 7.89. The molecule has 10 heteroatoms. The number of carbonyl (C=O) groups excluding carboxylic acids is 1. The van der Waals surface area contributed by atoms with E-state index in [1.165, 1.54) is 18.2 Å². The molecule has 0 aliphatic carbocycles. The number of carbonyl (C=O) groups is 1. The van der Waals surface area contributed by atoms with Crippen LogP contribution in [0.2, 0.25) is 10.0 Å². The molecule has 0 unspecified atom stereocenters. The Morgan fingerprint density at radius 2 is 1.66 bits per heavy atom. The van der Waals surface area contributed by atoms with Gasteiger partial charge in [0.1, 0.15) is 5.75 Å². The summed E-state index contributed by atoms with van der Waals surface area (Å²) < 4.78 is 33.4. The zero-order chi connectivity index (χ0) is 24.8. The summed E-state index contributed by atoms with van der Waals surface area (Å²) in [5.41, 5.74) is 1.87. The molecule has 1 amide bonds. The van der Waals surface area contributed by atoms with Gasteiger partial charge in [0.2, 0.25) is 10.0 Å². The van der Waals surface area contributed by atoms with Gasteiger partial charge >= 0.3 is 0 Å². The van der Waals surface area contributed by atoms with E-state index in [2.05, 4.69) is 9.62 Å². The molecule has 1 aliphatic heterocycles. The summed E-state index contributed by atoms with van der Waals surface area (Å²) in [6, 6.07) is 21.0. The van der Waals surface area contributed by atoms with E-state index in [0.29, 0.717) is 31.2 Å². The van der Waals surface area contributed by atoms with Gasteiger partial charge in [-0.1, -0.05) is 59.6 Å². The van der Waals surface area contributed by atoms with Crippen molar-refractivity contribution in [2.45, 2.75) is 11.4 Å². The Morgan fingerprint density at radius 3 is 2.34 bits per heavy atom. The summed E-state index contributed by atoms with van der Waals surface area (Å²) in [6.07, 6.45) is 0. The minimum Gasteiger partial charge on any atom is -0.482 e. The number of halogens is 2. The van der Waals surface area contributed by atoms with Crippen LogP contribution < -0.4 is 14.4 Å². The van der Waals surface area contributed by atoms with Crippen LogP contribution in [0, 0.1) is 0 Å². The van der Waals surface area contributed by atoms with Crippen LogP contribution in [-0.2, 0) is 21.4 Å². The Balaban J connectivity index is 1.29. The molecule has 0 saturated carbocycles. The van der Waals surface area contributed by atoms with Gasteiger partial charge in [-0.15, -0.1) is 0 Å². The molecule has 7 nitrogen and oxygen atoms in total. The van der Waals surface area contributed by atoms with Crippen LogP contribution >= 0.6 is 23.2 Å². The van der Waals surface area contributed by atoms with Crippen molar-refractivity contribution in [1.29, 1.82) is 0 Å². The van der Waals surface area contributed by atoms with Crippen LogP contribution in [0.3, 0.4) is 0 Å². The minimum absolute atomic E-state index is 0.0224. The number of ether oxygens (including phenoxy) is 1. The van der Waals surface area contributed by atoms with Crippen molar-refractivity contribution in [3.05, 3.63) is 88.4 Å². The van der Waals surface area contributed by atoms with Crippen molar-refractivity contribution in [3.63, 3.8) is 0 Å². The third-order valence-electron chi connectivity index (χ3n) is 5.68. The first-order chi connectivity index (χ1) is 16.8. The van der Waals surface area contributed by atoms with Gasteiger partial charge in [-0.25, -0.2) is 13.1 Å². The van der Waals surface area contributed by atoms with Crippen LogP contribution in [0.1, 0.15) is 5.56 Å². The molecule has 0 atom stereocenters. The molecule has 0 spiro atoms. The maximum Gasteiger partial charge on any atom is 0.260 e. The highest BCUT2D eigenvalue weighted by Crippen LogP contribution is 2.28. The molecule has 4 rings (SSSR count). The van der Waals surface area contributed by atoms with E-state index >= 15 is 0 Å². The summed E-state index contributed by atoms with van der Waals surface area (Å²) in [5, 5.41) is 0.795. The number of nitrogens with one attached hydrogen (secondary N) is 1. The van der Waals surface area contributed by atoms with E-state index in [4.69, 9.17) is 27.9 Å². The van der Waals surface area contributed by atoms with Crippen molar-refractivity contribution >= 4 is 44.8 Å². The second kappa shape index (κ2) is 11.3. The summed E-state index contributed by atoms with van der Waals surface area (Å²) in [7, 11) is -3.76. The Labute approximate surface area is 215 Å². The normalized spacial score (nSPS) is 14.1. The number of nitrogens with zero attached hydrogens (tertiary/aromatic N) is 2. The number of benzene rings is 3. The zero-order valence-electron chi connectivity index (χ0n) is 18.9. The van der Waals surface area contributed by atoms with Gasteiger partial charge < -0.3 is 14.5 Å². The van der Waals surface area contributed by atoms with Gasteiger partial charge in [0, 0.05) is 43.4 Å². The maximum absolute atomic E-state index is 12.6. The largest absolute Gasteiger partial charge is 0.482 e. The summed E-state index contributed by atoms with van der Waals surface area (Å²) in [4.78, 5) is 16.6. The van der Waals surface area contributed by atoms with E-state index in [1.807, 2.05) is 54.6 Å². The fourth-order valence-electron chi connectivity index (χ4n) is 3.74. The van der Waals surface area contributed by atoms with Gasteiger partial charge in [-0.3, -0.25) is 4.79 Å². The summed E-state index contributed by atoms with van der Waals surface area (Å²) in [6.45, 7) is 2.48. The van der Waals surface area contributed by atoms with Crippen molar-refractivity contribution in [2.75, 3.05) is 37.7 Å². The lowest BCUT2D eigenvalue weighted by Crippen LogP contribution is -2.50. The first-order valence-electron chi connectivity index (χ1n) is 11.1. The van der Waals surface area contributed by atoms with E-state index in [0.717, 1.165) is 11.3 Å². The fraction of sp³-hybridized carbons (Fsp3) is 0.240. The third kappa shape index (κ3) is 6.67. The van der Waals surface area contributed by atoms with Crippen LogP contribution in [0.25, 0.3) is 0 Å². The van der Waals surface area contributed by atoms with Gasteiger partial charge in [-0.2, -0.15) is 0 Å². The first kappa shape index (κ1) is 25.3. The zero-order valence-corrected chi connectivity index (χ0v) is 21.2. The molecule has 0 radical (unpaired) electrons. The predicted molar refractivity (Wildman–Crippen MR) is 138 cm³/mol. The monoisotopic (exact) mass is 533 g/mol. The molecule has 0 aromatic heterocycles. The lowest BCUT2D eigenvalue weighted by molar-refractivity contribution is -0.133. The Kier molecular flexibility index (Phi) is 8.18. The molecule has 35 heavy (non-hydrogen) atoms. The third-order valence-corrected chi connectivity index (χ3v) is 7.61. The molecular formula is C25H25Cl2N3O4S. The van der Waals surface area contributed by atoms with Crippen LogP contribution in [0.15, 0.2) is 77.7 Å². The van der Waals surface area contributed by atoms with Gasteiger partial charge in [0.25, 0.3) is 5.91 Å². The Morgan fingerprint density at radius 1 is 0.914 bits per heavy atom. The second-order valence-corrected chi connectivity index (χ2v) is 10.6. The van der Waals surface area contributed by atoms with Crippen molar-refractivity contribution in [2.24, 2.45) is 0 Å². The molecule has 1 fully saturated rings. The average molecular weight is 534 g/mol. The van der Waals surface area contributed by atoms with Gasteiger partial charge in [-0.05, 0) is 42.0 Å². The van der Waals surface area contributed by atoms with Gasteiger partial charge in [0.15, 0.2) is 6.61 Å². The number of hydrogen-bond acceptors (Lipinski definition) is 5. The van der Waals surface area contributed by atoms with Crippen molar-refractivity contribution < 1.29 is 17.9 Å². The van der Waals surface area contributed by atoms with E-state index in [9.17, 15) is 13.2 Å². The maximum atomic E-state index is 12.6. The number of amides is 1. The van der Waals surface area contributed by atoms with Gasteiger partial charge in [0.05, 0.1) is 9.92 Å². The Hall–Kier alpha value is -2.78. The second-order valence-electron chi connectivity index (χ2n) is 8.04. The minimum atomic E-state index is -3.76. The molecule has 1 N–H and O–H groups in total. The predicted octanol–water partition coefficient (Wildman–Crippen LogP) is 4.20. The molecule has 184 valence electrons. The number of rotatable bonds is 8. The number of piperazine rings is 1. The van der Waals surface area contributed by atoms with Crippen molar-refractivity contribution in [1.82, 2.24) is 9.62 Å². The molecule has 3 aromatic rings. The van der Waals surface area contributed by atoms with Crippen LogP contribution in [0.5, 0.6) is 5.75 Å². The summed E-state index contributed by atoms with van der Waals surface area (Å²) >= 11 is 12.3. The quantitative estimate of drug-likeness (QED) is 0.469. The lowest BCUT2D eigenvalue weighted by atomic mass is 10.2. The van der Waals surface area contributed by atoms with Crippen LogP contribution in [-0.4, -0.2) is 52.0 Å². The molecule has 3 aromatic carbocycles. The number of sulfonamides is 1. The number of anilines is 1. The van der Waals surface area contributed by atoms with E-state index in [1.54, 1.807) is 4.90 Å². The van der Waals surface area contributed by atoms with E-state index in [-0.39, 0.29) is 34.7 Å². The smallest absolute Gasteiger partial charge is 0.260 e. The average Bonchev–Trinajstić information content (AvgIpc) is 2.87. The molecule has 1 saturated heterocycles. The number of hydrogen-bond donors (Lipinski definition) is 1. The molecule has 1 heterocycles. The fourth-order valence-corrected chi connectivity index (χ4v) is 5.27. The lowest BCUT2D eigenvalue weighted by Gasteiger charge is -2.36. The molecular weight excluding hydrogens is 509 g/mol. The molecule has 0 bridgehead atoms. The SMILES string of the molecule is O=C(COc1ccc(S(=O)(=O)NCc2ccccc2)cc1Cl)N1CCN(c2cccc(Cl)c2)CC1. The van der Waals surface area contributed by atoms with Crippen LogP contribution in [0.4, 0.5) is 5.69 Å². The highest BCUT2D eigenvalue weighted by atomic mass is 35.5. The van der Waals surface area contributed by atoms with E-state index < -0.39 is 10.0 Å². The standard InChI is InChI=1S/C25H25Cl2N3O4S/c26-20-7-4-8-21(15-20)29-11-13-30(14-12-29)25(31)18-34-24-10-9-22(16-23(24)27)35(32,33)28-17-19-5-2-1-3-6-19/h1-10,15-16,28H,11-14,17-18H2. The summed E-state index contributed by atoms with van der Waals surface area (Å²) in [5.74, 6) is 0.0904. The van der Waals surface area contributed by atoms with Crippen molar-refractivity contribution in [3.8, 4) is 5.75 Å².